The molecule has 0 spiro atoms. The van der Waals surface area contributed by atoms with Crippen LogP contribution in [0.3, 0.4) is 0 Å². The molecule has 0 aliphatic carbocycles. The van der Waals surface area contributed by atoms with Crippen LogP contribution in [0, 0.1) is 0 Å². The molecule has 1 aliphatic heterocycles. The minimum Gasteiger partial charge on any atom is -0.497 e. The fourth-order valence-electron chi connectivity index (χ4n) is 4.13. The number of anilines is 1. The minimum absolute atomic E-state index is 0.0326. The number of amides is 1. The van der Waals surface area contributed by atoms with Gasteiger partial charge in [0.25, 0.3) is 5.91 Å². The van der Waals surface area contributed by atoms with Crippen molar-refractivity contribution in [3.8, 4) is 5.75 Å². The maximum atomic E-state index is 13.0. The van der Waals surface area contributed by atoms with Crippen LogP contribution in [-0.4, -0.2) is 55.0 Å². The summed E-state index contributed by atoms with van der Waals surface area (Å²) in [5, 5.41) is 0. The van der Waals surface area contributed by atoms with E-state index >= 15 is 0 Å². The predicted molar refractivity (Wildman–Crippen MR) is 131 cm³/mol. The monoisotopic (exact) mass is 447 g/mol. The SMILES string of the molecule is COc1ccc(N2CCN(C(=O)c3ccc(CN(Cc4ccccc4)C(C)C)o3)CC2)cc1. The van der Waals surface area contributed by atoms with E-state index in [2.05, 4.69) is 60.0 Å². The molecule has 174 valence electrons. The summed E-state index contributed by atoms with van der Waals surface area (Å²) in [5.41, 5.74) is 2.42. The van der Waals surface area contributed by atoms with Crippen molar-refractivity contribution >= 4 is 11.6 Å². The Hall–Kier alpha value is -3.25. The van der Waals surface area contributed by atoms with E-state index in [9.17, 15) is 4.79 Å². The lowest BCUT2D eigenvalue weighted by Crippen LogP contribution is -2.48. The second-order valence-electron chi connectivity index (χ2n) is 8.73. The largest absolute Gasteiger partial charge is 0.497 e. The molecule has 1 amide bonds. The molecule has 1 saturated heterocycles. The van der Waals surface area contributed by atoms with Crippen LogP contribution in [0.15, 0.2) is 71.1 Å². The average molecular weight is 448 g/mol. The molecule has 1 aliphatic rings. The van der Waals surface area contributed by atoms with Gasteiger partial charge < -0.3 is 19.0 Å². The third kappa shape index (κ3) is 5.76. The molecule has 6 heteroatoms. The first kappa shape index (κ1) is 22.9. The number of benzene rings is 2. The molecule has 3 aromatic rings. The van der Waals surface area contributed by atoms with Gasteiger partial charge in [-0.25, -0.2) is 0 Å². The molecule has 6 nitrogen and oxygen atoms in total. The second kappa shape index (κ2) is 10.6. The molecule has 1 aromatic heterocycles. The number of piperazine rings is 1. The molecule has 0 unspecified atom stereocenters. The minimum atomic E-state index is -0.0326. The number of hydrogen-bond acceptors (Lipinski definition) is 5. The first-order valence-corrected chi connectivity index (χ1v) is 11.6. The van der Waals surface area contributed by atoms with E-state index in [1.54, 1.807) is 7.11 Å². The molecular weight excluding hydrogens is 414 g/mol. The van der Waals surface area contributed by atoms with Crippen LogP contribution in [0.25, 0.3) is 0 Å². The van der Waals surface area contributed by atoms with E-state index in [0.717, 1.165) is 36.8 Å². The van der Waals surface area contributed by atoms with E-state index < -0.39 is 0 Å². The van der Waals surface area contributed by atoms with Gasteiger partial charge in [-0.15, -0.1) is 0 Å². The van der Waals surface area contributed by atoms with Gasteiger partial charge in [0.1, 0.15) is 11.5 Å². The van der Waals surface area contributed by atoms with Gasteiger partial charge in [0.15, 0.2) is 5.76 Å². The topological polar surface area (TPSA) is 49.2 Å². The fourth-order valence-corrected chi connectivity index (χ4v) is 4.13. The summed E-state index contributed by atoms with van der Waals surface area (Å²) in [5.74, 6) is 2.06. The van der Waals surface area contributed by atoms with Crippen LogP contribution >= 0.6 is 0 Å². The lowest BCUT2D eigenvalue weighted by Gasteiger charge is -2.35. The molecule has 0 N–H and O–H groups in total. The van der Waals surface area contributed by atoms with E-state index in [1.165, 1.54) is 5.56 Å². The normalized spacial score (nSPS) is 14.2. The van der Waals surface area contributed by atoms with Crippen molar-refractivity contribution in [3.63, 3.8) is 0 Å². The molecule has 2 aromatic carbocycles. The number of methoxy groups -OCH3 is 1. The summed E-state index contributed by atoms with van der Waals surface area (Å²) in [6.07, 6.45) is 0. The van der Waals surface area contributed by atoms with Crippen LogP contribution in [0.1, 0.15) is 35.7 Å². The molecule has 0 radical (unpaired) electrons. The standard InChI is InChI=1S/C27H33N3O3/c1-21(2)30(19-22-7-5-4-6-8-22)20-25-13-14-26(33-25)27(31)29-17-15-28(16-18-29)23-9-11-24(32-3)12-10-23/h4-14,21H,15-20H2,1-3H3. The van der Waals surface area contributed by atoms with Crippen molar-refractivity contribution in [2.75, 3.05) is 38.2 Å². The molecule has 0 atom stereocenters. The van der Waals surface area contributed by atoms with Gasteiger partial charge in [-0.2, -0.15) is 0 Å². The smallest absolute Gasteiger partial charge is 0.289 e. The number of nitrogens with zero attached hydrogens (tertiary/aromatic N) is 3. The zero-order valence-electron chi connectivity index (χ0n) is 19.7. The Balaban J connectivity index is 1.33. The lowest BCUT2D eigenvalue weighted by atomic mass is 10.2. The third-order valence-corrected chi connectivity index (χ3v) is 6.19. The number of carbonyl (C=O) groups is 1. The maximum Gasteiger partial charge on any atom is 0.289 e. The molecule has 0 bridgehead atoms. The average Bonchev–Trinajstić information content (AvgIpc) is 3.32. The molecule has 4 rings (SSSR count). The van der Waals surface area contributed by atoms with Crippen LogP contribution < -0.4 is 9.64 Å². The predicted octanol–water partition coefficient (Wildman–Crippen LogP) is 4.66. The van der Waals surface area contributed by atoms with Crippen molar-refractivity contribution in [2.24, 2.45) is 0 Å². The molecule has 33 heavy (non-hydrogen) atoms. The number of rotatable bonds is 8. The van der Waals surface area contributed by atoms with E-state index in [0.29, 0.717) is 31.4 Å². The molecule has 2 heterocycles. The Morgan fingerprint density at radius 2 is 1.64 bits per heavy atom. The highest BCUT2D eigenvalue weighted by Crippen LogP contribution is 2.22. The van der Waals surface area contributed by atoms with Crippen molar-refractivity contribution < 1.29 is 13.9 Å². The zero-order chi connectivity index (χ0) is 23.2. The zero-order valence-corrected chi connectivity index (χ0v) is 19.7. The summed E-state index contributed by atoms with van der Waals surface area (Å²) in [4.78, 5) is 19.6. The Kier molecular flexibility index (Phi) is 7.35. The quantitative estimate of drug-likeness (QED) is 0.503. The highest BCUT2D eigenvalue weighted by Gasteiger charge is 2.25. The van der Waals surface area contributed by atoms with E-state index in [4.69, 9.17) is 9.15 Å². The number of hydrogen-bond donors (Lipinski definition) is 0. The second-order valence-corrected chi connectivity index (χ2v) is 8.73. The molecule has 1 fully saturated rings. The Labute approximate surface area is 196 Å². The number of carbonyl (C=O) groups excluding carboxylic acids is 1. The van der Waals surface area contributed by atoms with Crippen molar-refractivity contribution in [1.82, 2.24) is 9.80 Å². The summed E-state index contributed by atoms with van der Waals surface area (Å²) < 4.78 is 11.2. The third-order valence-electron chi connectivity index (χ3n) is 6.19. The highest BCUT2D eigenvalue weighted by molar-refractivity contribution is 5.91. The number of ether oxygens (including phenoxy) is 1. The van der Waals surface area contributed by atoms with Gasteiger partial charge in [0, 0.05) is 44.5 Å². The first-order valence-electron chi connectivity index (χ1n) is 11.6. The maximum absolute atomic E-state index is 13.0. The van der Waals surface area contributed by atoms with Gasteiger partial charge in [0.2, 0.25) is 0 Å². The Bertz CT molecular complexity index is 1020. The highest BCUT2D eigenvalue weighted by atomic mass is 16.5. The number of furan rings is 1. The summed E-state index contributed by atoms with van der Waals surface area (Å²) in [7, 11) is 1.67. The van der Waals surface area contributed by atoms with Gasteiger partial charge in [-0.05, 0) is 55.8 Å². The fraction of sp³-hybridized carbons (Fsp3) is 0.370. The summed E-state index contributed by atoms with van der Waals surface area (Å²) in [6, 6.07) is 22.6. The van der Waals surface area contributed by atoms with Crippen LogP contribution in [0.2, 0.25) is 0 Å². The van der Waals surface area contributed by atoms with Crippen LogP contribution in [0.4, 0.5) is 5.69 Å². The summed E-state index contributed by atoms with van der Waals surface area (Å²) >= 11 is 0. The van der Waals surface area contributed by atoms with Gasteiger partial charge in [0.05, 0.1) is 13.7 Å². The van der Waals surface area contributed by atoms with Crippen LogP contribution in [0.5, 0.6) is 5.75 Å². The van der Waals surface area contributed by atoms with Crippen molar-refractivity contribution in [2.45, 2.75) is 33.0 Å². The van der Waals surface area contributed by atoms with Gasteiger partial charge >= 0.3 is 0 Å². The van der Waals surface area contributed by atoms with Gasteiger partial charge in [-0.3, -0.25) is 9.69 Å². The first-order chi connectivity index (χ1) is 16.0. The molecule has 0 saturated carbocycles. The Morgan fingerprint density at radius 1 is 0.939 bits per heavy atom. The van der Waals surface area contributed by atoms with Crippen molar-refractivity contribution in [3.05, 3.63) is 83.8 Å². The van der Waals surface area contributed by atoms with E-state index in [1.807, 2.05) is 35.2 Å². The lowest BCUT2D eigenvalue weighted by molar-refractivity contribution is 0.0709. The van der Waals surface area contributed by atoms with Crippen molar-refractivity contribution in [1.29, 1.82) is 0 Å². The summed E-state index contributed by atoms with van der Waals surface area (Å²) in [6.45, 7) is 8.81. The Morgan fingerprint density at radius 3 is 2.27 bits per heavy atom. The van der Waals surface area contributed by atoms with Crippen LogP contribution in [-0.2, 0) is 13.1 Å². The van der Waals surface area contributed by atoms with Gasteiger partial charge in [-0.1, -0.05) is 30.3 Å². The van der Waals surface area contributed by atoms with E-state index in [-0.39, 0.29) is 5.91 Å². The molecular formula is C27H33N3O3.